The molecule has 2 nitrogen and oxygen atoms in total. The molecule has 3 atom stereocenters. The largest absolute Gasteiger partial charge is 0.490 e. The van der Waals surface area contributed by atoms with Gasteiger partial charge in [0.1, 0.15) is 11.9 Å². The van der Waals surface area contributed by atoms with Crippen LogP contribution in [-0.2, 0) is 0 Å². The molecule has 3 rings (SSSR count). The van der Waals surface area contributed by atoms with Crippen LogP contribution in [0.5, 0.6) is 5.75 Å². The second kappa shape index (κ2) is 5.10. The Morgan fingerprint density at radius 3 is 2.65 bits per heavy atom. The summed E-state index contributed by atoms with van der Waals surface area (Å²) >= 11 is 0. The van der Waals surface area contributed by atoms with E-state index in [0.717, 1.165) is 18.6 Å². The second-order valence-electron chi connectivity index (χ2n) is 6.05. The van der Waals surface area contributed by atoms with Crippen molar-refractivity contribution < 1.29 is 4.74 Å². The van der Waals surface area contributed by atoms with Crippen molar-refractivity contribution in [1.82, 2.24) is 5.32 Å². The van der Waals surface area contributed by atoms with E-state index >= 15 is 0 Å². The number of benzene rings is 2. The van der Waals surface area contributed by atoms with Gasteiger partial charge in [0.05, 0.1) is 0 Å². The Kier molecular flexibility index (Phi) is 3.43. The highest BCUT2D eigenvalue weighted by Gasteiger charge is 2.51. The van der Waals surface area contributed by atoms with Gasteiger partial charge in [-0.3, -0.25) is 0 Å². The molecular weight excluding hydrogens is 246 g/mol. The van der Waals surface area contributed by atoms with Crippen LogP contribution in [0.4, 0.5) is 0 Å². The monoisotopic (exact) mass is 269 g/mol. The molecule has 0 aliphatic heterocycles. The summed E-state index contributed by atoms with van der Waals surface area (Å²) in [4.78, 5) is 0. The molecule has 0 radical (unpaired) electrons. The van der Waals surface area contributed by atoms with Gasteiger partial charge in [-0.1, -0.05) is 44.2 Å². The topological polar surface area (TPSA) is 21.3 Å². The van der Waals surface area contributed by atoms with Gasteiger partial charge in [0.15, 0.2) is 0 Å². The maximum atomic E-state index is 6.26. The van der Waals surface area contributed by atoms with Gasteiger partial charge in [0.2, 0.25) is 0 Å². The lowest BCUT2D eigenvalue weighted by atomic mass is 9.61. The van der Waals surface area contributed by atoms with Crippen molar-refractivity contribution in [1.29, 1.82) is 0 Å². The van der Waals surface area contributed by atoms with E-state index in [-0.39, 0.29) is 5.41 Å². The summed E-state index contributed by atoms with van der Waals surface area (Å²) in [5.74, 6) is 0.989. The van der Waals surface area contributed by atoms with E-state index in [1.165, 1.54) is 10.8 Å². The van der Waals surface area contributed by atoms with Crippen molar-refractivity contribution in [3.8, 4) is 5.75 Å². The fourth-order valence-electron chi connectivity index (χ4n) is 3.33. The molecule has 0 amide bonds. The molecule has 0 saturated heterocycles. The van der Waals surface area contributed by atoms with Crippen LogP contribution in [-0.4, -0.2) is 19.2 Å². The number of hydrogen-bond acceptors (Lipinski definition) is 2. The molecule has 2 aromatic rings. The predicted molar refractivity (Wildman–Crippen MR) is 84.2 cm³/mol. The fourth-order valence-corrected chi connectivity index (χ4v) is 3.33. The zero-order valence-electron chi connectivity index (χ0n) is 12.5. The molecule has 0 aromatic heterocycles. The molecule has 1 fully saturated rings. The van der Waals surface area contributed by atoms with Crippen molar-refractivity contribution in [3.63, 3.8) is 0 Å². The van der Waals surface area contributed by atoms with Crippen molar-refractivity contribution in [2.45, 2.75) is 38.8 Å². The fraction of sp³-hybridized carbons (Fsp3) is 0.444. The zero-order valence-corrected chi connectivity index (χ0v) is 12.5. The van der Waals surface area contributed by atoms with Crippen LogP contribution < -0.4 is 10.1 Å². The van der Waals surface area contributed by atoms with Crippen molar-refractivity contribution in [3.05, 3.63) is 42.5 Å². The summed E-state index contributed by atoms with van der Waals surface area (Å²) in [7, 11) is 2.05. The molecule has 2 aromatic carbocycles. The van der Waals surface area contributed by atoms with Crippen LogP contribution in [0.1, 0.15) is 26.7 Å². The van der Waals surface area contributed by atoms with E-state index in [4.69, 9.17) is 4.74 Å². The first-order valence-corrected chi connectivity index (χ1v) is 7.50. The number of hydrogen-bond donors (Lipinski definition) is 1. The highest BCUT2D eigenvalue weighted by molar-refractivity contribution is 5.83. The molecule has 0 spiro atoms. The number of ether oxygens (including phenoxy) is 1. The van der Waals surface area contributed by atoms with Crippen molar-refractivity contribution in [2.75, 3.05) is 7.05 Å². The van der Waals surface area contributed by atoms with Gasteiger partial charge < -0.3 is 10.1 Å². The molecule has 1 saturated carbocycles. The minimum atomic E-state index is 0.237. The maximum absolute atomic E-state index is 6.26. The van der Waals surface area contributed by atoms with Crippen molar-refractivity contribution in [2.24, 2.45) is 5.41 Å². The highest BCUT2D eigenvalue weighted by atomic mass is 16.5. The summed E-state index contributed by atoms with van der Waals surface area (Å²) < 4.78 is 6.26. The molecule has 3 unspecified atom stereocenters. The average Bonchev–Trinajstić information content (AvgIpc) is 2.50. The van der Waals surface area contributed by atoms with Gasteiger partial charge >= 0.3 is 0 Å². The summed E-state index contributed by atoms with van der Waals surface area (Å²) in [6.45, 7) is 4.57. The van der Waals surface area contributed by atoms with Gasteiger partial charge in [-0.25, -0.2) is 0 Å². The van der Waals surface area contributed by atoms with Crippen LogP contribution in [0, 0.1) is 5.41 Å². The average molecular weight is 269 g/mol. The third kappa shape index (κ3) is 2.08. The number of fused-ring (bicyclic) bond motifs is 1. The summed E-state index contributed by atoms with van der Waals surface area (Å²) in [5, 5.41) is 5.92. The quantitative estimate of drug-likeness (QED) is 0.906. The van der Waals surface area contributed by atoms with Crippen LogP contribution in [0.15, 0.2) is 42.5 Å². The van der Waals surface area contributed by atoms with Gasteiger partial charge in [0.25, 0.3) is 0 Å². The van der Waals surface area contributed by atoms with E-state index in [2.05, 4.69) is 61.6 Å². The lowest BCUT2D eigenvalue weighted by Gasteiger charge is -2.53. The minimum Gasteiger partial charge on any atom is -0.490 e. The van der Waals surface area contributed by atoms with E-state index < -0.39 is 0 Å². The third-order valence-electron chi connectivity index (χ3n) is 5.09. The standard InChI is InChI=1S/C18H23NO/c1-4-18(2)16(19-3)12-17(18)20-15-10-9-13-7-5-6-8-14(13)11-15/h5-11,16-17,19H,4,12H2,1-3H3. The van der Waals surface area contributed by atoms with Crippen LogP contribution >= 0.6 is 0 Å². The Morgan fingerprint density at radius 2 is 1.95 bits per heavy atom. The van der Waals surface area contributed by atoms with Crippen molar-refractivity contribution >= 4 is 10.8 Å². The summed E-state index contributed by atoms with van der Waals surface area (Å²) in [6.07, 6.45) is 2.54. The molecule has 1 aliphatic carbocycles. The lowest BCUT2D eigenvalue weighted by molar-refractivity contribution is -0.0676. The Hall–Kier alpha value is -1.54. The van der Waals surface area contributed by atoms with E-state index in [9.17, 15) is 0 Å². The van der Waals surface area contributed by atoms with E-state index in [1.54, 1.807) is 0 Å². The van der Waals surface area contributed by atoms with Crippen LogP contribution in [0.25, 0.3) is 10.8 Å². The maximum Gasteiger partial charge on any atom is 0.120 e. The third-order valence-corrected chi connectivity index (χ3v) is 5.09. The Bertz CT molecular complexity index is 609. The normalized spacial score (nSPS) is 29.1. The highest BCUT2D eigenvalue weighted by Crippen LogP contribution is 2.46. The van der Waals surface area contributed by atoms with Gasteiger partial charge in [-0.05, 0) is 36.4 Å². The first-order chi connectivity index (χ1) is 9.67. The molecule has 0 heterocycles. The molecule has 0 bridgehead atoms. The molecule has 1 aliphatic rings. The SMILES string of the molecule is CCC1(C)C(NC)CC1Oc1ccc2ccccc2c1. The second-order valence-corrected chi connectivity index (χ2v) is 6.05. The lowest BCUT2D eigenvalue weighted by Crippen LogP contribution is -2.62. The van der Waals surface area contributed by atoms with Gasteiger partial charge in [-0.15, -0.1) is 0 Å². The summed E-state index contributed by atoms with van der Waals surface area (Å²) in [5.41, 5.74) is 0.237. The molecule has 20 heavy (non-hydrogen) atoms. The number of nitrogens with one attached hydrogen (secondary N) is 1. The molecular formula is C18H23NO. The summed E-state index contributed by atoms with van der Waals surface area (Å²) in [6, 6.07) is 15.4. The van der Waals surface area contributed by atoms with E-state index in [1.807, 2.05) is 7.05 Å². The Labute approximate surface area is 121 Å². The molecule has 2 heteroatoms. The number of rotatable bonds is 4. The molecule has 106 valence electrons. The smallest absolute Gasteiger partial charge is 0.120 e. The molecule has 1 N–H and O–H groups in total. The van der Waals surface area contributed by atoms with Crippen LogP contribution in [0.2, 0.25) is 0 Å². The Balaban J connectivity index is 1.80. The van der Waals surface area contributed by atoms with Gasteiger partial charge in [-0.2, -0.15) is 0 Å². The Morgan fingerprint density at radius 1 is 1.20 bits per heavy atom. The first-order valence-electron chi connectivity index (χ1n) is 7.50. The van der Waals surface area contributed by atoms with Crippen LogP contribution in [0.3, 0.4) is 0 Å². The minimum absolute atomic E-state index is 0.237. The first kappa shape index (κ1) is 13.4. The van der Waals surface area contributed by atoms with E-state index in [0.29, 0.717) is 12.1 Å². The predicted octanol–water partition coefficient (Wildman–Crippen LogP) is 4.00. The van der Waals surface area contributed by atoms with Gasteiger partial charge in [0, 0.05) is 17.9 Å². The zero-order chi connectivity index (χ0) is 14.2.